The van der Waals surface area contributed by atoms with Gasteiger partial charge in [0.15, 0.2) is 0 Å². The summed E-state index contributed by atoms with van der Waals surface area (Å²) in [5.74, 6) is 0. The number of benzene rings is 1. The van der Waals surface area contributed by atoms with Crippen LogP contribution in [0.2, 0.25) is 0 Å². The van der Waals surface area contributed by atoms with Crippen molar-refractivity contribution in [2.24, 2.45) is 5.73 Å². The molecule has 7 nitrogen and oxygen atoms in total. The Morgan fingerprint density at radius 3 is 2.62 bits per heavy atom. The topological polar surface area (TPSA) is 97.9 Å². The number of rotatable bonds is 3. The number of anilines is 1. The predicted molar refractivity (Wildman–Crippen MR) is 107 cm³/mol. The molecule has 152 valence electrons. The van der Waals surface area contributed by atoms with Crippen molar-refractivity contribution in [2.75, 3.05) is 38.1 Å². The highest BCUT2D eigenvalue weighted by Gasteiger charge is 2.35. The second kappa shape index (κ2) is 7.03. The molecule has 0 unspecified atom stereocenters. The van der Waals surface area contributed by atoms with Gasteiger partial charge in [0.25, 0.3) is 0 Å². The predicted octanol–water partition coefficient (Wildman–Crippen LogP) is 2.74. The summed E-state index contributed by atoms with van der Waals surface area (Å²) >= 11 is 0. The van der Waals surface area contributed by atoms with Crippen molar-refractivity contribution in [3.8, 4) is 0 Å². The van der Waals surface area contributed by atoms with E-state index in [2.05, 4.69) is 25.0 Å². The molecule has 3 aromatic rings. The molecule has 4 rings (SSSR count). The minimum absolute atomic E-state index is 0.0269. The van der Waals surface area contributed by atoms with Crippen LogP contribution in [0, 0.1) is 5.41 Å². The maximum atomic E-state index is 13.2. The van der Waals surface area contributed by atoms with E-state index in [-0.39, 0.29) is 5.69 Å². The van der Waals surface area contributed by atoms with E-state index in [9.17, 15) is 13.2 Å². The minimum Gasteiger partial charge on any atom is -0.394 e. The quantitative estimate of drug-likeness (QED) is 0.584. The van der Waals surface area contributed by atoms with Crippen LogP contribution in [0.3, 0.4) is 0 Å². The summed E-state index contributed by atoms with van der Waals surface area (Å²) in [6, 6.07) is 5.12. The number of nitrogens with two attached hydrogens (primary N) is 1. The summed E-state index contributed by atoms with van der Waals surface area (Å²) in [4.78, 5) is 8.74. The number of halogens is 3. The second-order valence-electron chi connectivity index (χ2n) is 7.08. The lowest BCUT2D eigenvalue weighted by molar-refractivity contribution is -0.0919. The van der Waals surface area contributed by atoms with Crippen LogP contribution >= 0.6 is 0 Å². The van der Waals surface area contributed by atoms with Crippen LogP contribution < -0.4 is 10.6 Å². The molecule has 1 aliphatic heterocycles. The Balaban J connectivity index is 1.99. The van der Waals surface area contributed by atoms with Gasteiger partial charge < -0.3 is 20.9 Å². The molecule has 0 bridgehead atoms. The van der Waals surface area contributed by atoms with E-state index in [4.69, 9.17) is 11.1 Å². The molecule has 0 aliphatic carbocycles. The van der Waals surface area contributed by atoms with E-state index < -0.39 is 17.4 Å². The van der Waals surface area contributed by atoms with Gasteiger partial charge in [0.2, 0.25) is 0 Å². The maximum absolute atomic E-state index is 13.2. The number of nitrogens with zero attached hydrogens (tertiary/aromatic N) is 4. The molecular weight excluding hydrogens is 383 g/mol. The van der Waals surface area contributed by atoms with Gasteiger partial charge >= 0.3 is 6.18 Å². The molecule has 10 heteroatoms. The van der Waals surface area contributed by atoms with E-state index in [1.807, 2.05) is 7.05 Å². The summed E-state index contributed by atoms with van der Waals surface area (Å²) in [7, 11) is 2.03. The highest BCUT2D eigenvalue weighted by molar-refractivity contribution is 6.14. The molecule has 4 N–H and O–H groups in total. The summed E-state index contributed by atoms with van der Waals surface area (Å²) in [6.45, 7) is 3.11. The van der Waals surface area contributed by atoms with Crippen molar-refractivity contribution in [3.05, 3.63) is 35.8 Å². The molecule has 0 spiro atoms. The Morgan fingerprint density at radius 1 is 1.24 bits per heavy atom. The number of nitrogens with one attached hydrogen (secondary N) is 2. The zero-order chi connectivity index (χ0) is 20.8. The third-order valence-electron chi connectivity index (χ3n) is 5.23. The minimum atomic E-state index is -4.74. The van der Waals surface area contributed by atoms with Gasteiger partial charge in [-0.25, -0.2) is 4.98 Å². The molecule has 29 heavy (non-hydrogen) atoms. The number of likely N-dealkylation sites (N-methyl/N-ethyl adjacent to an activating group) is 1. The molecule has 2 aromatic heterocycles. The monoisotopic (exact) mass is 403 g/mol. The fourth-order valence-electron chi connectivity index (χ4n) is 3.61. The number of pyridine rings is 1. The highest BCUT2D eigenvalue weighted by atomic mass is 19.4. The molecule has 0 radical (unpaired) electrons. The Hall–Kier alpha value is -3.14. The largest absolute Gasteiger partial charge is 0.431 e. The number of fused-ring (bicyclic) bond motifs is 3. The molecular formula is C19H20F3N7. The van der Waals surface area contributed by atoms with Gasteiger partial charge in [-0.3, -0.25) is 5.10 Å². The third kappa shape index (κ3) is 3.39. The van der Waals surface area contributed by atoms with E-state index >= 15 is 0 Å². The standard InChI is InChI=1S/C19H20F3N7/c1-28-4-6-29(7-5-28)16-8-15(11(9-23)18(24)19(20,21)22)26-14-3-2-13-12(17(14)16)10-25-27-13/h2-3,8-10,23H,4-7,24H2,1H3,(H,25,27). The molecule has 1 fully saturated rings. The zero-order valence-corrected chi connectivity index (χ0v) is 15.7. The smallest absolute Gasteiger partial charge is 0.394 e. The first-order valence-electron chi connectivity index (χ1n) is 9.07. The van der Waals surface area contributed by atoms with Crippen LogP contribution in [-0.4, -0.2) is 65.7 Å². The van der Waals surface area contributed by atoms with Gasteiger partial charge in [0, 0.05) is 54.4 Å². The molecule has 0 saturated carbocycles. The number of hydrogen-bond acceptors (Lipinski definition) is 6. The van der Waals surface area contributed by atoms with Gasteiger partial charge in [0.05, 0.1) is 22.9 Å². The average molecular weight is 403 g/mol. The lowest BCUT2D eigenvalue weighted by atomic mass is 10.0. The van der Waals surface area contributed by atoms with Gasteiger partial charge in [-0.1, -0.05) is 0 Å². The van der Waals surface area contributed by atoms with Gasteiger partial charge in [0.1, 0.15) is 5.70 Å². The van der Waals surface area contributed by atoms with Gasteiger partial charge in [-0.2, -0.15) is 18.3 Å². The summed E-state index contributed by atoms with van der Waals surface area (Å²) in [5, 5.41) is 16.2. The van der Waals surface area contributed by atoms with E-state index in [1.165, 1.54) is 0 Å². The zero-order valence-electron chi connectivity index (χ0n) is 15.7. The summed E-state index contributed by atoms with van der Waals surface area (Å²) in [5.41, 5.74) is 5.70. The molecule has 1 saturated heterocycles. The highest BCUT2D eigenvalue weighted by Crippen LogP contribution is 2.36. The van der Waals surface area contributed by atoms with Crippen LogP contribution in [0.25, 0.3) is 27.4 Å². The molecule has 1 aromatic carbocycles. The fraction of sp³-hybridized carbons (Fsp3) is 0.316. The third-order valence-corrected chi connectivity index (χ3v) is 5.23. The fourth-order valence-corrected chi connectivity index (χ4v) is 3.61. The summed E-state index contributed by atoms with van der Waals surface area (Å²) in [6.07, 6.45) is -2.44. The van der Waals surface area contributed by atoms with Crippen molar-refractivity contribution in [3.63, 3.8) is 0 Å². The first kappa shape index (κ1) is 19.2. The number of H-pyrrole nitrogens is 1. The lowest BCUT2D eigenvalue weighted by Gasteiger charge is -2.35. The Bertz CT molecular complexity index is 1110. The summed E-state index contributed by atoms with van der Waals surface area (Å²) < 4.78 is 39.6. The molecule has 0 amide bonds. The van der Waals surface area contributed by atoms with Gasteiger partial charge in [-0.15, -0.1) is 0 Å². The lowest BCUT2D eigenvalue weighted by Crippen LogP contribution is -2.44. The van der Waals surface area contributed by atoms with Crippen molar-refractivity contribution in [2.45, 2.75) is 6.18 Å². The Labute approximate surface area is 164 Å². The SMILES string of the molecule is CN1CCN(c2cc(C(C=N)=C(N)C(F)(F)F)nc3ccc4[nH]ncc4c23)CC1. The van der Waals surface area contributed by atoms with Crippen molar-refractivity contribution >= 4 is 39.3 Å². The molecule has 3 heterocycles. The average Bonchev–Trinajstić information content (AvgIpc) is 3.16. The molecule has 0 atom stereocenters. The van der Waals surface area contributed by atoms with Crippen LogP contribution in [-0.2, 0) is 0 Å². The normalized spacial score (nSPS) is 17.0. The Kier molecular flexibility index (Phi) is 4.65. The van der Waals surface area contributed by atoms with Crippen LogP contribution in [0.15, 0.2) is 30.1 Å². The number of aromatic nitrogens is 3. The number of aromatic amines is 1. The van der Waals surface area contributed by atoms with E-state index in [0.29, 0.717) is 11.7 Å². The van der Waals surface area contributed by atoms with Crippen molar-refractivity contribution < 1.29 is 13.2 Å². The number of piperazine rings is 1. The van der Waals surface area contributed by atoms with Crippen molar-refractivity contribution in [1.82, 2.24) is 20.1 Å². The van der Waals surface area contributed by atoms with E-state index in [1.54, 1.807) is 24.4 Å². The van der Waals surface area contributed by atoms with E-state index in [0.717, 1.165) is 48.2 Å². The Morgan fingerprint density at radius 2 is 1.97 bits per heavy atom. The van der Waals surface area contributed by atoms with Crippen LogP contribution in [0.5, 0.6) is 0 Å². The first-order chi connectivity index (χ1) is 13.8. The number of allylic oxidation sites excluding steroid dienone is 2. The molecule has 1 aliphatic rings. The van der Waals surface area contributed by atoms with Crippen LogP contribution in [0.4, 0.5) is 18.9 Å². The van der Waals surface area contributed by atoms with Gasteiger partial charge in [-0.05, 0) is 25.2 Å². The number of alkyl halides is 3. The van der Waals surface area contributed by atoms with Crippen molar-refractivity contribution in [1.29, 1.82) is 5.41 Å². The maximum Gasteiger partial charge on any atom is 0.431 e. The second-order valence-corrected chi connectivity index (χ2v) is 7.08. The number of hydrogen-bond donors (Lipinski definition) is 3. The first-order valence-corrected chi connectivity index (χ1v) is 9.07. The van der Waals surface area contributed by atoms with Crippen LogP contribution in [0.1, 0.15) is 5.69 Å².